The van der Waals surface area contributed by atoms with E-state index in [0.717, 1.165) is 0 Å². The van der Waals surface area contributed by atoms with Crippen LogP contribution in [0.25, 0.3) is 0 Å². The molecule has 0 spiro atoms. The van der Waals surface area contributed by atoms with Gasteiger partial charge in [0.2, 0.25) is 0 Å². The summed E-state index contributed by atoms with van der Waals surface area (Å²) in [5.74, 6) is -1.32. The molecule has 20 heavy (non-hydrogen) atoms. The van der Waals surface area contributed by atoms with Crippen molar-refractivity contribution in [3.8, 4) is 0 Å². The van der Waals surface area contributed by atoms with Gasteiger partial charge in [-0.15, -0.1) is 0 Å². The van der Waals surface area contributed by atoms with E-state index in [1.54, 1.807) is 26.0 Å². The average molecular weight is 280 g/mol. The molecule has 108 valence electrons. The van der Waals surface area contributed by atoms with E-state index in [1.165, 1.54) is 12.1 Å². The van der Waals surface area contributed by atoms with Crippen molar-refractivity contribution in [2.45, 2.75) is 20.0 Å². The summed E-state index contributed by atoms with van der Waals surface area (Å²) in [4.78, 5) is 33.6. The second-order valence-electron chi connectivity index (χ2n) is 4.18. The fraction of sp³-hybridized carbons (Fsp3) is 0.308. The highest BCUT2D eigenvalue weighted by Gasteiger charge is 2.12. The van der Waals surface area contributed by atoms with Crippen molar-refractivity contribution < 1.29 is 23.9 Å². The lowest BCUT2D eigenvalue weighted by atomic mass is 10.2. The number of hydrogen-bond acceptors (Lipinski definition) is 5. The third kappa shape index (κ3) is 5.38. The Morgan fingerprint density at radius 2 is 2.00 bits per heavy atom. The standard InChI is InChI=1S/C13H16N2O5/c1-8(2)20-11(16)7-19-12(17)9-4-3-5-10(6-9)15-13(14)18/h3-6,8H,7H2,1-2H3,(H3,14,15,18). The number of nitrogens with one attached hydrogen (secondary N) is 1. The van der Waals surface area contributed by atoms with E-state index in [2.05, 4.69) is 5.32 Å². The molecule has 1 aromatic carbocycles. The number of nitrogens with two attached hydrogens (primary N) is 1. The van der Waals surface area contributed by atoms with Crippen LogP contribution in [0.3, 0.4) is 0 Å². The molecule has 7 heteroatoms. The molecule has 3 N–H and O–H groups in total. The van der Waals surface area contributed by atoms with Crippen molar-refractivity contribution in [1.29, 1.82) is 0 Å². The maximum atomic E-state index is 11.7. The molecule has 0 saturated carbocycles. The van der Waals surface area contributed by atoms with Crippen LogP contribution in [-0.2, 0) is 14.3 Å². The number of urea groups is 1. The Morgan fingerprint density at radius 3 is 2.60 bits per heavy atom. The summed E-state index contributed by atoms with van der Waals surface area (Å²) in [7, 11) is 0. The van der Waals surface area contributed by atoms with Gasteiger partial charge in [0.1, 0.15) is 0 Å². The van der Waals surface area contributed by atoms with Crippen molar-refractivity contribution in [2.75, 3.05) is 11.9 Å². The van der Waals surface area contributed by atoms with Gasteiger partial charge in [0.25, 0.3) is 0 Å². The predicted molar refractivity (Wildman–Crippen MR) is 71.2 cm³/mol. The average Bonchev–Trinajstić information content (AvgIpc) is 2.34. The molecular weight excluding hydrogens is 264 g/mol. The quantitative estimate of drug-likeness (QED) is 0.790. The molecule has 7 nitrogen and oxygen atoms in total. The first-order valence-corrected chi connectivity index (χ1v) is 5.91. The number of esters is 2. The first kappa shape index (κ1) is 15.5. The van der Waals surface area contributed by atoms with Crippen molar-refractivity contribution >= 4 is 23.7 Å². The molecule has 0 saturated heterocycles. The molecule has 2 amide bonds. The molecule has 0 aliphatic carbocycles. The van der Waals surface area contributed by atoms with Crippen LogP contribution in [0.5, 0.6) is 0 Å². The fourth-order valence-electron chi connectivity index (χ4n) is 1.37. The minimum Gasteiger partial charge on any atom is -0.460 e. The number of hydrogen-bond donors (Lipinski definition) is 2. The van der Waals surface area contributed by atoms with Gasteiger partial charge < -0.3 is 20.5 Å². The van der Waals surface area contributed by atoms with Gasteiger partial charge in [0.15, 0.2) is 6.61 Å². The molecule has 0 fully saturated rings. The Labute approximate surface area is 116 Å². The molecule has 0 radical (unpaired) electrons. The van der Waals surface area contributed by atoms with Crippen molar-refractivity contribution in [3.63, 3.8) is 0 Å². The Bertz CT molecular complexity index is 513. The fourth-order valence-corrected chi connectivity index (χ4v) is 1.37. The highest BCUT2D eigenvalue weighted by atomic mass is 16.6. The molecule has 1 rings (SSSR count). The zero-order chi connectivity index (χ0) is 15.1. The lowest BCUT2D eigenvalue weighted by Crippen LogP contribution is -2.20. The van der Waals surface area contributed by atoms with Gasteiger partial charge in [-0.25, -0.2) is 14.4 Å². The normalized spacial score (nSPS) is 9.95. The van der Waals surface area contributed by atoms with E-state index in [4.69, 9.17) is 15.2 Å². The minimum atomic E-state index is -0.740. The summed E-state index contributed by atoms with van der Waals surface area (Å²) in [6, 6.07) is 5.25. The van der Waals surface area contributed by atoms with Gasteiger partial charge >= 0.3 is 18.0 Å². The number of rotatable bonds is 5. The van der Waals surface area contributed by atoms with E-state index in [1.807, 2.05) is 0 Å². The van der Waals surface area contributed by atoms with Crippen LogP contribution in [0.2, 0.25) is 0 Å². The second-order valence-corrected chi connectivity index (χ2v) is 4.18. The second kappa shape index (κ2) is 7.13. The van der Waals surface area contributed by atoms with Gasteiger partial charge in [-0.2, -0.15) is 0 Å². The van der Waals surface area contributed by atoms with E-state index < -0.39 is 24.6 Å². The zero-order valence-corrected chi connectivity index (χ0v) is 11.2. The van der Waals surface area contributed by atoms with Crippen LogP contribution >= 0.6 is 0 Å². The number of anilines is 1. The predicted octanol–water partition coefficient (Wildman–Crippen LogP) is 1.29. The highest BCUT2D eigenvalue weighted by Crippen LogP contribution is 2.11. The molecule has 0 aromatic heterocycles. The Balaban J connectivity index is 2.59. The summed E-state index contributed by atoms with van der Waals surface area (Å²) in [6.45, 7) is 2.92. The van der Waals surface area contributed by atoms with Crippen molar-refractivity contribution in [1.82, 2.24) is 0 Å². The van der Waals surface area contributed by atoms with Crippen LogP contribution in [0.4, 0.5) is 10.5 Å². The maximum absolute atomic E-state index is 11.7. The van der Waals surface area contributed by atoms with Gasteiger partial charge in [-0.3, -0.25) is 0 Å². The van der Waals surface area contributed by atoms with Crippen LogP contribution < -0.4 is 11.1 Å². The van der Waals surface area contributed by atoms with Gasteiger partial charge in [-0.1, -0.05) is 6.07 Å². The lowest BCUT2D eigenvalue weighted by molar-refractivity contribution is -0.150. The lowest BCUT2D eigenvalue weighted by Gasteiger charge is -2.09. The van der Waals surface area contributed by atoms with Crippen molar-refractivity contribution in [2.24, 2.45) is 5.73 Å². The molecule has 0 unspecified atom stereocenters. The summed E-state index contributed by atoms with van der Waals surface area (Å²) in [5, 5.41) is 2.33. The van der Waals surface area contributed by atoms with Crippen molar-refractivity contribution in [3.05, 3.63) is 29.8 Å². The van der Waals surface area contributed by atoms with Crippen LogP contribution in [0.1, 0.15) is 24.2 Å². The van der Waals surface area contributed by atoms with Gasteiger partial charge in [0.05, 0.1) is 11.7 Å². The summed E-state index contributed by atoms with van der Waals surface area (Å²) >= 11 is 0. The number of carbonyl (C=O) groups is 3. The van der Waals surface area contributed by atoms with E-state index in [9.17, 15) is 14.4 Å². The molecule has 0 atom stereocenters. The first-order chi connectivity index (χ1) is 9.38. The zero-order valence-electron chi connectivity index (χ0n) is 11.2. The first-order valence-electron chi connectivity index (χ1n) is 5.91. The van der Waals surface area contributed by atoms with Gasteiger partial charge in [-0.05, 0) is 32.0 Å². The number of primary amides is 1. The number of benzene rings is 1. The summed E-state index contributed by atoms with van der Waals surface area (Å²) in [6.07, 6.45) is -0.274. The minimum absolute atomic E-state index is 0.189. The monoisotopic (exact) mass is 280 g/mol. The molecule has 0 heterocycles. The smallest absolute Gasteiger partial charge is 0.344 e. The maximum Gasteiger partial charge on any atom is 0.344 e. The Hall–Kier alpha value is -2.57. The SMILES string of the molecule is CC(C)OC(=O)COC(=O)c1cccc(NC(N)=O)c1. The topological polar surface area (TPSA) is 108 Å². The van der Waals surface area contributed by atoms with Gasteiger partial charge in [0, 0.05) is 5.69 Å². The van der Waals surface area contributed by atoms with E-state index in [-0.39, 0.29) is 11.7 Å². The molecule has 0 bridgehead atoms. The molecular formula is C13H16N2O5. The van der Waals surface area contributed by atoms with Crippen LogP contribution in [-0.4, -0.2) is 30.7 Å². The molecule has 0 aliphatic rings. The summed E-state index contributed by atoms with van der Waals surface area (Å²) < 4.78 is 9.62. The third-order valence-corrected chi connectivity index (χ3v) is 2.05. The van der Waals surface area contributed by atoms with E-state index in [0.29, 0.717) is 5.69 Å². The third-order valence-electron chi connectivity index (χ3n) is 2.05. The number of amides is 2. The Kier molecular flexibility index (Phi) is 5.52. The van der Waals surface area contributed by atoms with Crippen LogP contribution in [0.15, 0.2) is 24.3 Å². The number of carbonyl (C=O) groups excluding carboxylic acids is 3. The summed E-state index contributed by atoms with van der Waals surface area (Å²) in [5.41, 5.74) is 5.51. The highest BCUT2D eigenvalue weighted by molar-refractivity contribution is 5.94. The van der Waals surface area contributed by atoms with E-state index >= 15 is 0 Å². The number of ether oxygens (including phenoxy) is 2. The molecule has 1 aromatic rings. The largest absolute Gasteiger partial charge is 0.460 e. The Morgan fingerprint density at radius 1 is 1.30 bits per heavy atom. The van der Waals surface area contributed by atoms with Crippen LogP contribution in [0, 0.1) is 0 Å². The molecule has 0 aliphatic heterocycles.